The van der Waals surface area contributed by atoms with Crippen molar-refractivity contribution in [2.24, 2.45) is 11.1 Å². The minimum atomic E-state index is -0.879. The normalized spacial score (nSPS) is 17.1. The van der Waals surface area contributed by atoms with Gasteiger partial charge in [0.05, 0.1) is 19.8 Å². The van der Waals surface area contributed by atoms with Gasteiger partial charge in [-0.3, -0.25) is 0 Å². The Hall–Kier alpha value is -1.26. The van der Waals surface area contributed by atoms with E-state index in [1.54, 1.807) is 14.2 Å². The molecule has 0 saturated carbocycles. The number of hydrogen-bond acceptors (Lipinski definition) is 4. The van der Waals surface area contributed by atoms with Crippen LogP contribution < -0.4 is 15.2 Å². The average Bonchev–Trinajstić information content (AvgIpc) is 2.45. The number of methoxy groups -OCH3 is 2. The third-order valence-corrected chi connectivity index (χ3v) is 4.53. The van der Waals surface area contributed by atoms with Crippen LogP contribution in [0.3, 0.4) is 0 Å². The summed E-state index contributed by atoms with van der Waals surface area (Å²) in [5.41, 5.74) is 5.66. The van der Waals surface area contributed by atoms with Crippen molar-refractivity contribution in [3.63, 3.8) is 0 Å². The molecule has 2 unspecified atom stereocenters. The molecule has 0 aliphatic carbocycles. The molecule has 0 aliphatic rings. The van der Waals surface area contributed by atoms with Gasteiger partial charge in [-0.2, -0.15) is 0 Å². The molecule has 0 aliphatic heterocycles. The van der Waals surface area contributed by atoms with Crippen molar-refractivity contribution in [3.05, 3.63) is 23.8 Å². The predicted octanol–water partition coefficient (Wildman–Crippen LogP) is 2.37. The van der Waals surface area contributed by atoms with Crippen LogP contribution in [0.15, 0.2) is 18.2 Å². The molecule has 0 saturated heterocycles. The van der Waals surface area contributed by atoms with Crippen molar-refractivity contribution in [1.29, 1.82) is 0 Å². The Morgan fingerprint density at radius 3 is 2.20 bits per heavy atom. The summed E-state index contributed by atoms with van der Waals surface area (Å²) in [6.45, 7) is 6.37. The molecule has 0 radical (unpaired) electrons. The highest BCUT2D eigenvalue weighted by Crippen LogP contribution is 2.37. The van der Waals surface area contributed by atoms with Crippen molar-refractivity contribution in [2.45, 2.75) is 39.2 Å². The van der Waals surface area contributed by atoms with Crippen LogP contribution in [0.2, 0.25) is 0 Å². The molecule has 3 N–H and O–H groups in total. The summed E-state index contributed by atoms with van der Waals surface area (Å²) < 4.78 is 10.5. The minimum Gasteiger partial charge on any atom is -0.493 e. The van der Waals surface area contributed by atoms with Crippen molar-refractivity contribution in [3.8, 4) is 11.5 Å². The molecule has 20 heavy (non-hydrogen) atoms. The number of ether oxygens (including phenoxy) is 2. The number of hydrogen-bond donors (Lipinski definition) is 2. The van der Waals surface area contributed by atoms with E-state index in [2.05, 4.69) is 6.92 Å². The van der Waals surface area contributed by atoms with Crippen molar-refractivity contribution in [2.75, 3.05) is 20.8 Å². The van der Waals surface area contributed by atoms with Gasteiger partial charge in [-0.1, -0.05) is 19.9 Å². The smallest absolute Gasteiger partial charge is 0.160 e. The van der Waals surface area contributed by atoms with Gasteiger partial charge in [0.2, 0.25) is 0 Å². The predicted molar refractivity (Wildman–Crippen MR) is 81.3 cm³/mol. The summed E-state index contributed by atoms with van der Waals surface area (Å²) in [5.74, 6) is 1.36. The van der Waals surface area contributed by atoms with E-state index < -0.39 is 5.60 Å². The molecule has 0 heterocycles. The number of aliphatic hydroxyl groups is 1. The Morgan fingerprint density at radius 2 is 1.75 bits per heavy atom. The summed E-state index contributed by atoms with van der Waals surface area (Å²) in [4.78, 5) is 0. The first-order chi connectivity index (χ1) is 9.33. The largest absolute Gasteiger partial charge is 0.493 e. The first-order valence-corrected chi connectivity index (χ1v) is 6.97. The van der Waals surface area contributed by atoms with Crippen LogP contribution in [0.25, 0.3) is 0 Å². The van der Waals surface area contributed by atoms with Crippen LogP contribution in [0, 0.1) is 5.41 Å². The van der Waals surface area contributed by atoms with E-state index in [1.165, 1.54) is 0 Å². The van der Waals surface area contributed by atoms with E-state index >= 15 is 0 Å². The SMILES string of the molecule is CCC(C)(CN)C(C)(O)Cc1ccc(OC)c(OC)c1. The maximum atomic E-state index is 10.8. The highest BCUT2D eigenvalue weighted by Gasteiger charge is 2.40. The lowest BCUT2D eigenvalue weighted by molar-refractivity contribution is -0.0579. The summed E-state index contributed by atoms with van der Waals surface area (Å²) in [7, 11) is 3.21. The molecule has 0 amide bonds. The molecule has 1 aromatic rings. The maximum Gasteiger partial charge on any atom is 0.160 e. The van der Waals surface area contributed by atoms with Crippen molar-refractivity contribution >= 4 is 0 Å². The van der Waals surface area contributed by atoms with Crippen LogP contribution in [-0.4, -0.2) is 31.5 Å². The molecule has 2 atom stereocenters. The second-order valence-corrected chi connectivity index (χ2v) is 5.76. The fourth-order valence-electron chi connectivity index (χ4n) is 2.35. The zero-order valence-electron chi connectivity index (χ0n) is 13.2. The number of rotatable bonds is 7. The lowest BCUT2D eigenvalue weighted by atomic mass is 9.69. The lowest BCUT2D eigenvalue weighted by Gasteiger charge is -2.42. The van der Waals surface area contributed by atoms with Crippen LogP contribution >= 0.6 is 0 Å². The van der Waals surface area contributed by atoms with Gasteiger partial charge in [-0.05, 0) is 31.0 Å². The Labute approximate surface area is 121 Å². The summed E-state index contributed by atoms with van der Waals surface area (Å²) in [6.07, 6.45) is 1.35. The molecule has 4 nitrogen and oxygen atoms in total. The van der Waals surface area contributed by atoms with Gasteiger partial charge in [-0.15, -0.1) is 0 Å². The zero-order valence-corrected chi connectivity index (χ0v) is 13.2. The molecule has 0 aromatic heterocycles. The van der Waals surface area contributed by atoms with Crippen LogP contribution in [0.1, 0.15) is 32.8 Å². The third kappa shape index (κ3) is 3.25. The number of benzene rings is 1. The second kappa shape index (κ2) is 6.46. The second-order valence-electron chi connectivity index (χ2n) is 5.76. The van der Waals surface area contributed by atoms with Gasteiger partial charge in [0.15, 0.2) is 11.5 Å². The van der Waals surface area contributed by atoms with E-state index in [1.807, 2.05) is 32.0 Å². The standard InChI is InChI=1S/C16H27NO3/c1-6-15(2,11-17)16(3,18)10-12-7-8-13(19-4)14(9-12)20-5/h7-9,18H,6,10-11,17H2,1-5H3. The Bertz CT molecular complexity index is 439. The van der Waals surface area contributed by atoms with E-state index in [9.17, 15) is 5.11 Å². The fourth-order valence-corrected chi connectivity index (χ4v) is 2.35. The highest BCUT2D eigenvalue weighted by molar-refractivity contribution is 5.43. The Morgan fingerprint density at radius 1 is 1.15 bits per heavy atom. The van der Waals surface area contributed by atoms with Crippen molar-refractivity contribution < 1.29 is 14.6 Å². The first-order valence-electron chi connectivity index (χ1n) is 6.97. The maximum absolute atomic E-state index is 10.8. The zero-order chi connectivity index (χ0) is 15.4. The minimum absolute atomic E-state index is 0.319. The van der Waals surface area contributed by atoms with Crippen LogP contribution in [0.4, 0.5) is 0 Å². The quantitative estimate of drug-likeness (QED) is 0.805. The molecule has 0 spiro atoms. The molecule has 4 heteroatoms. The summed E-state index contributed by atoms with van der Waals surface area (Å²) in [5, 5.41) is 10.8. The molecule has 0 fully saturated rings. The monoisotopic (exact) mass is 281 g/mol. The average molecular weight is 281 g/mol. The summed E-state index contributed by atoms with van der Waals surface area (Å²) in [6, 6.07) is 5.71. The molecule has 0 bridgehead atoms. The molecular formula is C16H27NO3. The third-order valence-electron chi connectivity index (χ3n) is 4.53. The van der Waals surface area contributed by atoms with Gasteiger partial charge in [0.1, 0.15) is 0 Å². The molecule has 1 rings (SSSR count). The van der Waals surface area contributed by atoms with E-state index in [4.69, 9.17) is 15.2 Å². The molecule has 114 valence electrons. The van der Waals surface area contributed by atoms with E-state index in [-0.39, 0.29) is 5.41 Å². The highest BCUT2D eigenvalue weighted by atomic mass is 16.5. The van der Waals surface area contributed by atoms with Crippen molar-refractivity contribution in [1.82, 2.24) is 0 Å². The van der Waals surface area contributed by atoms with Crippen LogP contribution in [0.5, 0.6) is 11.5 Å². The summed E-state index contributed by atoms with van der Waals surface area (Å²) >= 11 is 0. The molecular weight excluding hydrogens is 254 g/mol. The van der Waals surface area contributed by atoms with Gasteiger partial charge >= 0.3 is 0 Å². The van der Waals surface area contributed by atoms with E-state index in [0.717, 1.165) is 12.0 Å². The van der Waals surface area contributed by atoms with Gasteiger partial charge in [0, 0.05) is 18.4 Å². The van der Waals surface area contributed by atoms with Crippen LogP contribution in [-0.2, 0) is 6.42 Å². The van der Waals surface area contributed by atoms with Gasteiger partial charge in [0.25, 0.3) is 0 Å². The fraction of sp³-hybridized carbons (Fsp3) is 0.625. The molecule has 1 aromatic carbocycles. The van der Waals surface area contributed by atoms with Gasteiger partial charge in [-0.25, -0.2) is 0 Å². The lowest BCUT2D eigenvalue weighted by Crippen LogP contribution is -2.49. The Balaban J connectivity index is 3.03. The van der Waals surface area contributed by atoms with Gasteiger partial charge < -0.3 is 20.3 Å². The topological polar surface area (TPSA) is 64.7 Å². The number of nitrogens with two attached hydrogens (primary N) is 1. The van der Waals surface area contributed by atoms with E-state index in [0.29, 0.717) is 24.5 Å². The first kappa shape index (κ1) is 16.8. The Kier molecular flexibility index (Phi) is 5.42.